The summed E-state index contributed by atoms with van der Waals surface area (Å²) in [6.07, 6.45) is 0. The SMILES string of the molecule is c1cc(-c2ccc3ccccc3c2)cc(N(c2ccc(-c3ccc4c5ccccc5c5ccccc5c4c3)cc2)c2ccc(-c3cccc4ccccc34)cc2)c1. The number of anilines is 3. The molecule has 0 aromatic heterocycles. The van der Waals surface area contributed by atoms with E-state index < -0.39 is 0 Å². The van der Waals surface area contributed by atoms with Crippen molar-refractivity contribution in [2.75, 3.05) is 4.90 Å². The Hall–Kier alpha value is -7.48. The van der Waals surface area contributed by atoms with Crippen molar-refractivity contribution in [3.8, 4) is 33.4 Å². The molecule has 0 bridgehead atoms. The van der Waals surface area contributed by atoms with E-state index in [1.165, 1.54) is 87.2 Å². The van der Waals surface area contributed by atoms with Gasteiger partial charge in [0.05, 0.1) is 0 Å². The molecule has 0 unspecified atom stereocenters. The van der Waals surface area contributed by atoms with E-state index >= 15 is 0 Å². The molecule has 0 saturated carbocycles. The molecule has 0 heterocycles. The molecule has 0 saturated heterocycles. The Morgan fingerprint density at radius 1 is 0.211 bits per heavy atom. The van der Waals surface area contributed by atoms with Crippen LogP contribution < -0.4 is 4.90 Å². The van der Waals surface area contributed by atoms with Crippen LogP contribution in [0.5, 0.6) is 0 Å². The normalized spacial score (nSPS) is 11.5. The summed E-state index contributed by atoms with van der Waals surface area (Å²) in [7, 11) is 0. The predicted octanol–water partition coefficient (Wildman–Crippen LogP) is 15.9. The Bertz CT molecular complexity index is 3240. The summed E-state index contributed by atoms with van der Waals surface area (Å²) in [4.78, 5) is 2.38. The van der Waals surface area contributed by atoms with E-state index in [0.29, 0.717) is 0 Å². The smallest absolute Gasteiger partial charge is 0.0467 e. The maximum Gasteiger partial charge on any atom is 0.0467 e. The van der Waals surface area contributed by atoms with Crippen LogP contribution in [0.3, 0.4) is 0 Å². The van der Waals surface area contributed by atoms with E-state index in [1.54, 1.807) is 0 Å². The maximum atomic E-state index is 2.38. The lowest BCUT2D eigenvalue weighted by Gasteiger charge is -2.26. The van der Waals surface area contributed by atoms with E-state index in [4.69, 9.17) is 0 Å². The van der Waals surface area contributed by atoms with Crippen molar-refractivity contribution in [1.29, 1.82) is 0 Å². The Morgan fingerprint density at radius 2 is 0.684 bits per heavy atom. The first-order valence-electron chi connectivity index (χ1n) is 19.7. The van der Waals surface area contributed by atoms with E-state index in [0.717, 1.165) is 17.1 Å². The first-order valence-corrected chi connectivity index (χ1v) is 19.7. The molecule has 0 radical (unpaired) electrons. The molecule has 0 amide bonds. The summed E-state index contributed by atoms with van der Waals surface area (Å²) >= 11 is 0. The van der Waals surface area contributed by atoms with Crippen LogP contribution in [0, 0.1) is 0 Å². The van der Waals surface area contributed by atoms with Gasteiger partial charge in [-0.3, -0.25) is 0 Å². The van der Waals surface area contributed by atoms with Gasteiger partial charge in [0.15, 0.2) is 0 Å². The van der Waals surface area contributed by atoms with Crippen LogP contribution in [0.4, 0.5) is 17.1 Å². The Kier molecular flexibility index (Phi) is 7.89. The summed E-state index contributed by atoms with van der Waals surface area (Å²) in [5, 5.41) is 12.7. The zero-order chi connectivity index (χ0) is 37.7. The molecule has 1 nitrogen and oxygen atoms in total. The Balaban J connectivity index is 1.02. The van der Waals surface area contributed by atoms with Gasteiger partial charge in [0.25, 0.3) is 0 Å². The standard InChI is InChI=1S/C56H37N/c1-2-13-42-35-44(24-23-38(42)11-1)43-15-9-16-48(36-43)57(47-32-27-41(28-33-47)50-22-10-14-40-12-3-4-17-49(40)50)46-30-25-39(26-31-46)45-29-34-55-53-20-6-5-18-51(53)52-19-7-8-21-54(52)56(55)37-45/h1-37H. The number of hydrogen-bond donors (Lipinski definition) is 0. The quantitative estimate of drug-likeness (QED) is 0.154. The second-order valence-electron chi connectivity index (χ2n) is 14.9. The molecule has 0 aliphatic heterocycles. The molecule has 57 heavy (non-hydrogen) atoms. The van der Waals surface area contributed by atoms with Crippen LogP contribution in [0.1, 0.15) is 0 Å². The second kappa shape index (κ2) is 13.7. The minimum atomic E-state index is 1.10. The van der Waals surface area contributed by atoms with Crippen molar-refractivity contribution in [1.82, 2.24) is 0 Å². The molecule has 266 valence electrons. The Labute approximate surface area is 332 Å². The van der Waals surface area contributed by atoms with E-state index in [2.05, 4.69) is 229 Å². The molecule has 11 rings (SSSR count). The first kappa shape index (κ1) is 32.9. The van der Waals surface area contributed by atoms with Gasteiger partial charge >= 0.3 is 0 Å². The third-order valence-electron chi connectivity index (χ3n) is 11.6. The monoisotopic (exact) mass is 723 g/mol. The molecule has 1 heteroatoms. The van der Waals surface area contributed by atoms with Crippen molar-refractivity contribution < 1.29 is 0 Å². The third kappa shape index (κ3) is 5.80. The van der Waals surface area contributed by atoms with Crippen LogP contribution in [0.2, 0.25) is 0 Å². The van der Waals surface area contributed by atoms with Gasteiger partial charge in [-0.15, -0.1) is 0 Å². The molecule has 0 aliphatic rings. The van der Waals surface area contributed by atoms with Crippen LogP contribution in [0.25, 0.3) is 87.2 Å². The van der Waals surface area contributed by atoms with Gasteiger partial charge in [0.2, 0.25) is 0 Å². The predicted molar refractivity (Wildman–Crippen MR) is 245 cm³/mol. The summed E-state index contributed by atoms with van der Waals surface area (Å²) in [5.74, 6) is 0. The van der Waals surface area contributed by atoms with E-state index in [-0.39, 0.29) is 0 Å². The molecule has 0 N–H and O–H groups in total. The van der Waals surface area contributed by atoms with Gasteiger partial charge in [-0.2, -0.15) is 0 Å². The van der Waals surface area contributed by atoms with Gasteiger partial charge in [0.1, 0.15) is 0 Å². The van der Waals surface area contributed by atoms with E-state index in [1.807, 2.05) is 0 Å². The summed E-state index contributed by atoms with van der Waals surface area (Å²) in [6.45, 7) is 0. The topological polar surface area (TPSA) is 3.24 Å². The maximum absolute atomic E-state index is 2.38. The fraction of sp³-hybridized carbons (Fsp3) is 0. The number of benzene rings is 11. The molecular weight excluding hydrogens is 687 g/mol. The Morgan fingerprint density at radius 3 is 1.39 bits per heavy atom. The van der Waals surface area contributed by atoms with Crippen molar-refractivity contribution in [3.05, 3.63) is 224 Å². The highest BCUT2D eigenvalue weighted by Crippen LogP contribution is 2.41. The second-order valence-corrected chi connectivity index (χ2v) is 14.9. The van der Waals surface area contributed by atoms with Crippen LogP contribution in [-0.2, 0) is 0 Å². The van der Waals surface area contributed by atoms with Crippen molar-refractivity contribution >= 4 is 70.9 Å². The largest absolute Gasteiger partial charge is 0.310 e. The molecule has 0 atom stereocenters. The van der Waals surface area contributed by atoms with Crippen molar-refractivity contribution in [2.24, 2.45) is 0 Å². The molecular formula is C56H37N. The lowest BCUT2D eigenvalue weighted by atomic mass is 9.92. The molecule has 11 aromatic carbocycles. The average Bonchev–Trinajstić information content (AvgIpc) is 3.29. The number of nitrogens with zero attached hydrogens (tertiary/aromatic N) is 1. The summed E-state index contributed by atoms with van der Waals surface area (Å²) in [6, 6.07) is 82.0. The summed E-state index contributed by atoms with van der Waals surface area (Å²) < 4.78 is 0. The van der Waals surface area contributed by atoms with Crippen molar-refractivity contribution in [3.63, 3.8) is 0 Å². The third-order valence-corrected chi connectivity index (χ3v) is 11.6. The van der Waals surface area contributed by atoms with Gasteiger partial charge in [0, 0.05) is 17.1 Å². The summed E-state index contributed by atoms with van der Waals surface area (Å²) in [5.41, 5.74) is 10.5. The number of hydrogen-bond acceptors (Lipinski definition) is 1. The lowest BCUT2D eigenvalue weighted by Crippen LogP contribution is -2.10. The fourth-order valence-corrected chi connectivity index (χ4v) is 8.80. The van der Waals surface area contributed by atoms with Gasteiger partial charge in [-0.05, 0) is 136 Å². The molecule has 0 spiro atoms. The van der Waals surface area contributed by atoms with Crippen LogP contribution >= 0.6 is 0 Å². The lowest BCUT2D eigenvalue weighted by molar-refractivity contribution is 1.28. The minimum absolute atomic E-state index is 1.10. The highest BCUT2D eigenvalue weighted by atomic mass is 15.1. The number of rotatable bonds is 6. The minimum Gasteiger partial charge on any atom is -0.310 e. The van der Waals surface area contributed by atoms with Crippen molar-refractivity contribution in [2.45, 2.75) is 0 Å². The highest BCUT2D eigenvalue weighted by molar-refractivity contribution is 6.25. The highest BCUT2D eigenvalue weighted by Gasteiger charge is 2.16. The van der Waals surface area contributed by atoms with Crippen LogP contribution in [0.15, 0.2) is 224 Å². The molecule has 11 aromatic rings. The van der Waals surface area contributed by atoms with Gasteiger partial charge in [-0.25, -0.2) is 0 Å². The molecule has 0 aliphatic carbocycles. The first-order chi connectivity index (χ1) is 28.2. The van der Waals surface area contributed by atoms with Gasteiger partial charge < -0.3 is 4.90 Å². The zero-order valence-corrected chi connectivity index (χ0v) is 31.3. The van der Waals surface area contributed by atoms with Crippen LogP contribution in [-0.4, -0.2) is 0 Å². The molecule has 0 fully saturated rings. The fourth-order valence-electron chi connectivity index (χ4n) is 8.80. The van der Waals surface area contributed by atoms with Gasteiger partial charge in [-0.1, -0.05) is 176 Å². The zero-order valence-electron chi connectivity index (χ0n) is 31.3. The van der Waals surface area contributed by atoms with E-state index in [9.17, 15) is 0 Å². The number of fused-ring (bicyclic) bond motifs is 8. The average molecular weight is 724 g/mol.